The number of rotatable bonds is 1. The van der Waals surface area contributed by atoms with E-state index in [-0.39, 0.29) is 12.5 Å². The summed E-state index contributed by atoms with van der Waals surface area (Å²) in [4.78, 5) is 20.3. The van der Waals surface area contributed by atoms with Crippen molar-refractivity contribution >= 4 is 46.3 Å². The second-order valence-corrected chi connectivity index (χ2v) is 6.01. The van der Waals surface area contributed by atoms with Crippen molar-refractivity contribution in [3.63, 3.8) is 0 Å². The summed E-state index contributed by atoms with van der Waals surface area (Å²) >= 11 is 12.5. The topological polar surface area (TPSA) is 65.8 Å². The molecule has 0 aromatic heterocycles. The molecule has 24 heavy (non-hydrogen) atoms. The number of aliphatic imine (C=N–C) groups is 2. The van der Waals surface area contributed by atoms with Crippen molar-refractivity contribution in [2.75, 3.05) is 6.54 Å². The molecule has 7 heteroatoms. The molecule has 0 aliphatic carbocycles. The molecule has 0 spiro atoms. The highest BCUT2D eigenvalue weighted by Gasteiger charge is 2.18. The smallest absolute Gasteiger partial charge is 0.235 e. The van der Waals surface area contributed by atoms with Gasteiger partial charge < -0.3 is 0 Å². The highest BCUT2D eigenvalue weighted by atomic mass is 35.5. The molecule has 122 valence electrons. The monoisotopic (exact) mass is 360 g/mol. The number of nitrogens with one attached hydrogen (secondary N) is 2. The van der Waals surface area contributed by atoms with Crippen LogP contribution in [0.4, 0.5) is 5.69 Å². The molecule has 0 radical (unpaired) electrons. The third kappa shape index (κ3) is 3.58. The van der Waals surface area contributed by atoms with Crippen LogP contribution >= 0.6 is 23.2 Å². The lowest BCUT2D eigenvalue weighted by Gasteiger charge is -2.10. The van der Waals surface area contributed by atoms with Crippen LogP contribution in [-0.2, 0) is 4.79 Å². The molecule has 0 unspecified atom stereocenters. The van der Waals surface area contributed by atoms with Gasteiger partial charge in [0.15, 0.2) is 0 Å². The Labute approximate surface area is 149 Å². The molecule has 1 aliphatic heterocycles. The SMILES string of the molecule is CC(=O)NNC1=Nc2ccc(Cl)cc2C(c2ccccc2Cl)=NC1. The summed E-state index contributed by atoms with van der Waals surface area (Å²) in [6.07, 6.45) is 0. The molecule has 1 aliphatic rings. The average Bonchev–Trinajstić information content (AvgIpc) is 2.72. The maximum Gasteiger partial charge on any atom is 0.235 e. The molecule has 0 fully saturated rings. The highest BCUT2D eigenvalue weighted by Crippen LogP contribution is 2.30. The third-order valence-corrected chi connectivity index (χ3v) is 3.93. The number of halogens is 2. The van der Waals surface area contributed by atoms with E-state index in [0.29, 0.717) is 27.3 Å². The molecule has 3 rings (SSSR count). The van der Waals surface area contributed by atoms with Crippen LogP contribution in [0.15, 0.2) is 52.4 Å². The Morgan fingerprint density at radius 1 is 1.12 bits per heavy atom. The Kier molecular flexibility index (Phi) is 4.83. The van der Waals surface area contributed by atoms with E-state index >= 15 is 0 Å². The Morgan fingerprint density at radius 2 is 1.92 bits per heavy atom. The lowest BCUT2D eigenvalue weighted by Crippen LogP contribution is -2.41. The molecule has 0 saturated heterocycles. The summed E-state index contributed by atoms with van der Waals surface area (Å²) in [5.74, 6) is 0.310. The summed E-state index contributed by atoms with van der Waals surface area (Å²) in [7, 11) is 0. The maximum absolute atomic E-state index is 11.1. The Bertz CT molecular complexity index is 861. The first-order chi connectivity index (χ1) is 11.5. The van der Waals surface area contributed by atoms with Crippen LogP contribution in [0.1, 0.15) is 18.1 Å². The molecule has 1 heterocycles. The molecule has 0 bridgehead atoms. The van der Waals surface area contributed by atoms with Crippen LogP contribution in [0.25, 0.3) is 0 Å². The fourth-order valence-electron chi connectivity index (χ4n) is 2.33. The molecule has 1 amide bonds. The Balaban J connectivity index is 2.08. The summed E-state index contributed by atoms with van der Waals surface area (Å²) in [5, 5.41) is 1.18. The predicted molar refractivity (Wildman–Crippen MR) is 97.5 cm³/mol. The van der Waals surface area contributed by atoms with Gasteiger partial charge in [0, 0.05) is 28.1 Å². The van der Waals surface area contributed by atoms with E-state index < -0.39 is 0 Å². The van der Waals surface area contributed by atoms with Crippen LogP contribution in [-0.4, -0.2) is 24.0 Å². The van der Waals surface area contributed by atoms with Crippen molar-refractivity contribution in [3.8, 4) is 0 Å². The molecule has 2 aromatic rings. The minimum atomic E-state index is -0.214. The van der Waals surface area contributed by atoms with E-state index in [0.717, 1.165) is 11.1 Å². The average molecular weight is 361 g/mol. The van der Waals surface area contributed by atoms with E-state index in [4.69, 9.17) is 23.2 Å². The second-order valence-electron chi connectivity index (χ2n) is 5.17. The molecule has 2 aromatic carbocycles. The first-order valence-corrected chi connectivity index (χ1v) is 7.99. The predicted octanol–water partition coefficient (Wildman–Crippen LogP) is 3.52. The van der Waals surface area contributed by atoms with Gasteiger partial charge in [-0.1, -0.05) is 41.4 Å². The quantitative estimate of drug-likeness (QED) is 0.764. The van der Waals surface area contributed by atoms with Crippen LogP contribution in [0.5, 0.6) is 0 Å². The minimum absolute atomic E-state index is 0.214. The van der Waals surface area contributed by atoms with Crippen molar-refractivity contribution in [2.45, 2.75) is 6.92 Å². The van der Waals surface area contributed by atoms with Gasteiger partial charge in [-0.25, -0.2) is 4.99 Å². The summed E-state index contributed by atoms with van der Waals surface area (Å²) < 4.78 is 0. The zero-order valence-corrected chi connectivity index (χ0v) is 14.3. The Morgan fingerprint density at radius 3 is 2.67 bits per heavy atom. The van der Waals surface area contributed by atoms with Crippen LogP contribution < -0.4 is 10.9 Å². The van der Waals surface area contributed by atoms with Gasteiger partial charge in [-0.3, -0.25) is 20.6 Å². The Hall–Kier alpha value is -2.37. The molecule has 2 N–H and O–H groups in total. The van der Waals surface area contributed by atoms with Gasteiger partial charge in [-0.2, -0.15) is 0 Å². The van der Waals surface area contributed by atoms with Gasteiger partial charge in [0.05, 0.1) is 17.9 Å². The molecular weight excluding hydrogens is 347 g/mol. The number of benzene rings is 2. The van der Waals surface area contributed by atoms with Crippen molar-refractivity contribution in [1.82, 2.24) is 10.9 Å². The maximum atomic E-state index is 11.1. The van der Waals surface area contributed by atoms with E-state index in [1.54, 1.807) is 6.07 Å². The summed E-state index contributed by atoms with van der Waals surface area (Å²) in [6.45, 7) is 1.68. The fourth-order valence-corrected chi connectivity index (χ4v) is 2.72. The number of nitrogens with zero attached hydrogens (tertiary/aromatic N) is 2. The number of carbonyl (C=O) groups is 1. The first-order valence-electron chi connectivity index (χ1n) is 7.24. The van der Waals surface area contributed by atoms with Crippen molar-refractivity contribution in [2.24, 2.45) is 9.98 Å². The summed E-state index contributed by atoms with van der Waals surface area (Å²) in [5.41, 5.74) is 8.29. The standard InChI is InChI=1S/C17H14Cl2N4O/c1-10(24)22-23-16-9-20-17(12-4-2-3-5-14(12)19)13-8-11(18)6-7-15(13)21-16/h2-8H,9H2,1H3,(H,21,23)(H,22,24). The van der Waals surface area contributed by atoms with Crippen molar-refractivity contribution in [3.05, 3.63) is 63.6 Å². The van der Waals surface area contributed by atoms with Gasteiger partial charge in [0.2, 0.25) is 5.91 Å². The summed E-state index contributed by atoms with van der Waals surface area (Å²) in [6, 6.07) is 12.9. The van der Waals surface area contributed by atoms with Crippen molar-refractivity contribution in [1.29, 1.82) is 0 Å². The number of carbonyl (C=O) groups excluding carboxylic acids is 1. The first kappa shape index (κ1) is 16.5. The second kappa shape index (κ2) is 7.03. The van der Waals surface area contributed by atoms with Gasteiger partial charge >= 0.3 is 0 Å². The lowest BCUT2D eigenvalue weighted by atomic mass is 10.0. The van der Waals surface area contributed by atoms with Crippen LogP contribution in [0.2, 0.25) is 10.0 Å². The van der Waals surface area contributed by atoms with Gasteiger partial charge in [-0.05, 0) is 24.3 Å². The molecule has 0 saturated carbocycles. The van der Waals surface area contributed by atoms with E-state index in [2.05, 4.69) is 20.8 Å². The third-order valence-electron chi connectivity index (χ3n) is 3.37. The zero-order chi connectivity index (χ0) is 17.1. The zero-order valence-electron chi connectivity index (χ0n) is 12.8. The van der Waals surface area contributed by atoms with Crippen LogP contribution in [0.3, 0.4) is 0 Å². The number of fused-ring (bicyclic) bond motifs is 1. The molecule has 5 nitrogen and oxygen atoms in total. The van der Waals surface area contributed by atoms with Crippen LogP contribution in [0, 0.1) is 0 Å². The molecule has 0 atom stereocenters. The number of hydrogen-bond acceptors (Lipinski definition) is 4. The van der Waals surface area contributed by atoms with Gasteiger partial charge in [-0.15, -0.1) is 0 Å². The van der Waals surface area contributed by atoms with E-state index in [1.807, 2.05) is 36.4 Å². The lowest BCUT2D eigenvalue weighted by molar-refractivity contribution is -0.119. The van der Waals surface area contributed by atoms with E-state index in [9.17, 15) is 4.79 Å². The number of hydrogen-bond donors (Lipinski definition) is 2. The van der Waals surface area contributed by atoms with Gasteiger partial charge in [0.25, 0.3) is 0 Å². The molecular formula is C17H14Cl2N4O. The van der Waals surface area contributed by atoms with Gasteiger partial charge in [0.1, 0.15) is 5.84 Å². The largest absolute Gasteiger partial charge is 0.284 e. The number of amides is 1. The highest BCUT2D eigenvalue weighted by molar-refractivity contribution is 6.36. The fraction of sp³-hybridized carbons (Fsp3) is 0.118. The number of amidine groups is 1. The number of hydrazine groups is 1. The minimum Gasteiger partial charge on any atom is -0.284 e. The van der Waals surface area contributed by atoms with E-state index in [1.165, 1.54) is 6.92 Å². The van der Waals surface area contributed by atoms with Crippen molar-refractivity contribution < 1.29 is 4.79 Å². The normalized spacial score (nSPS) is 13.3.